The number of hydrogen-bond donors (Lipinski definition) is 0. The van der Waals surface area contributed by atoms with Gasteiger partial charge in [0.25, 0.3) is 0 Å². The summed E-state index contributed by atoms with van der Waals surface area (Å²) in [5.41, 5.74) is 1.66. The summed E-state index contributed by atoms with van der Waals surface area (Å²) in [5.74, 6) is 0. The van der Waals surface area contributed by atoms with Crippen molar-refractivity contribution in [3.8, 4) is 0 Å². The zero-order valence-electron chi connectivity index (χ0n) is 11.5. The molecule has 0 amide bonds. The molecule has 1 nitrogen and oxygen atoms in total. The highest BCUT2D eigenvalue weighted by Crippen LogP contribution is 2.70. The summed E-state index contributed by atoms with van der Waals surface area (Å²) in [5, 5.41) is 0. The van der Waals surface area contributed by atoms with Crippen LogP contribution < -0.4 is 0 Å². The van der Waals surface area contributed by atoms with Crippen LogP contribution in [0.4, 0.5) is 0 Å². The van der Waals surface area contributed by atoms with Crippen molar-refractivity contribution < 1.29 is 4.74 Å². The van der Waals surface area contributed by atoms with Crippen LogP contribution in [0.1, 0.15) is 78.1 Å². The molecular formula is C16H26O. The van der Waals surface area contributed by atoms with Gasteiger partial charge < -0.3 is 4.74 Å². The van der Waals surface area contributed by atoms with E-state index in [-0.39, 0.29) is 11.2 Å². The Kier molecular flexibility index (Phi) is 1.86. The second kappa shape index (κ2) is 2.92. The van der Waals surface area contributed by atoms with Crippen LogP contribution >= 0.6 is 0 Å². The zero-order valence-corrected chi connectivity index (χ0v) is 11.5. The number of rotatable bonds is 2. The third-order valence-corrected chi connectivity index (χ3v) is 7.02. The average molecular weight is 234 g/mol. The molecule has 0 aromatic rings. The zero-order chi connectivity index (χ0) is 11.8. The van der Waals surface area contributed by atoms with Crippen LogP contribution in [0.25, 0.3) is 0 Å². The van der Waals surface area contributed by atoms with Crippen molar-refractivity contribution >= 4 is 0 Å². The molecule has 1 heteroatoms. The van der Waals surface area contributed by atoms with Gasteiger partial charge in [-0.25, -0.2) is 0 Å². The lowest BCUT2D eigenvalue weighted by atomic mass is 9.84. The molecule has 0 aliphatic heterocycles. The maximum absolute atomic E-state index is 6.90. The van der Waals surface area contributed by atoms with E-state index in [1.165, 1.54) is 64.2 Å². The Hall–Kier alpha value is -0.0400. The monoisotopic (exact) mass is 234 g/mol. The molecule has 0 saturated heterocycles. The summed E-state index contributed by atoms with van der Waals surface area (Å²) in [4.78, 5) is 0. The fourth-order valence-corrected chi connectivity index (χ4v) is 5.26. The molecule has 2 atom stereocenters. The quantitative estimate of drug-likeness (QED) is 0.686. The SMILES string of the molecule is CC1(OC2(C)CCCC23CC3)CCCC12CC2. The molecule has 0 radical (unpaired) electrons. The van der Waals surface area contributed by atoms with Crippen LogP contribution in [0.3, 0.4) is 0 Å². The van der Waals surface area contributed by atoms with Gasteiger partial charge in [-0.05, 0) is 88.9 Å². The van der Waals surface area contributed by atoms with Crippen molar-refractivity contribution in [3.05, 3.63) is 0 Å². The Labute approximate surface area is 105 Å². The lowest BCUT2D eigenvalue weighted by molar-refractivity contribution is -0.184. The highest BCUT2D eigenvalue weighted by atomic mass is 16.5. The first kappa shape index (κ1) is 10.8. The molecule has 4 fully saturated rings. The second-order valence-electron chi connectivity index (χ2n) is 7.83. The van der Waals surface area contributed by atoms with Gasteiger partial charge in [0.2, 0.25) is 0 Å². The first-order valence-electron chi connectivity index (χ1n) is 7.74. The number of ether oxygens (including phenoxy) is 1. The third-order valence-electron chi connectivity index (χ3n) is 7.02. The smallest absolute Gasteiger partial charge is 0.0718 e. The molecule has 0 aromatic carbocycles. The molecule has 0 heterocycles. The van der Waals surface area contributed by atoms with Crippen LogP contribution in [-0.4, -0.2) is 11.2 Å². The molecule has 0 N–H and O–H groups in total. The Morgan fingerprint density at radius 3 is 1.35 bits per heavy atom. The predicted molar refractivity (Wildman–Crippen MR) is 68.9 cm³/mol. The molecule has 4 aliphatic carbocycles. The van der Waals surface area contributed by atoms with Crippen molar-refractivity contribution in [1.29, 1.82) is 0 Å². The predicted octanol–water partition coefficient (Wildman–Crippen LogP) is 4.45. The highest BCUT2D eigenvalue weighted by Gasteiger charge is 2.67. The lowest BCUT2D eigenvalue weighted by Gasteiger charge is -2.44. The minimum absolute atomic E-state index is 0.224. The van der Waals surface area contributed by atoms with Gasteiger partial charge in [0.05, 0.1) is 11.2 Å². The van der Waals surface area contributed by atoms with Gasteiger partial charge in [-0.2, -0.15) is 0 Å². The maximum atomic E-state index is 6.90. The van der Waals surface area contributed by atoms with E-state index in [4.69, 9.17) is 4.74 Å². The Morgan fingerprint density at radius 2 is 1.00 bits per heavy atom. The molecule has 2 unspecified atom stereocenters. The van der Waals surface area contributed by atoms with Crippen LogP contribution in [0.15, 0.2) is 0 Å². The van der Waals surface area contributed by atoms with Crippen molar-refractivity contribution in [3.63, 3.8) is 0 Å². The minimum Gasteiger partial charge on any atom is -0.368 e. The van der Waals surface area contributed by atoms with E-state index in [9.17, 15) is 0 Å². The van der Waals surface area contributed by atoms with Crippen LogP contribution in [0.2, 0.25) is 0 Å². The van der Waals surface area contributed by atoms with Crippen molar-refractivity contribution in [2.45, 2.75) is 89.3 Å². The first-order valence-corrected chi connectivity index (χ1v) is 7.74. The molecular weight excluding hydrogens is 208 g/mol. The maximum Gasteiger partial charge on any atom is 0.0718 e. The minimum atomic E-state index is 0.224. The summed E-state index contributed by atoms with van der Waals surface area (Å²) in [6, 6.07) is 0. The van der Waals surface area contributed by atoms with E-state index < -0.39 is 0 Å². The molecule has 2 spiro atoms. The van der Waals surface area contributed by atoms with E-state index >= 15 is 0 Å². The molecule has 4 saturated carbocycles. The summed E-state index contributed by atoms with van der Waals surface area (Å²) in [6.07, 6.45) is 14.1. The fourth-order valence-electron chi connectivity index (χ4n) is 5.26. The highest BCUT2D eigenvalue weighted by molar-refractivity contribution is 5.16. The Morgan fingerprint density at radius 1 is 0.588 bits per heavy atom. The van der Waals surface area contributed by atoms with Gasteiger partial charge in [-0.3, -0.25) is 0 Å². The van der Waals surface area contributed by atoms with E-state index in [1.54, 1.807) is 0 Å². The van der Waals surface area contributed by atoms with Crippen molar-refractivity contribution in [2.24, 2.45) is 10.8 Å². The van der Waals surface area contributed by atoms with Gasteiger partial charge >= 0.3 is 0 Å². The van der Waals surface area contributed by atoms with Gasteiger partial charge in [0.15, 0.2) is 0 Å². The van der Waals surface area contributed by atoms with Crippen LogP contribution in [0, 0.1) is 10.8 Å². The van der Waals surface area contributed by atoms with Crippen LogP contribution in [-0.2, 0) is 4.74 Å². The van der Waals surface area contributed by atoms with Gasteiger partial charge in [0.1, 0.15) is 0 Å². The molecule has 0 bridgehead atoms. The lowest BCUT2D eigenvalue weighted by Crippen LogP contribution is -2.47. The number of hydrogen-bond acceptors (Lipinski definition) is 1. The second-order valence-corrected chi connectivity index (χ2v) is 7.83. The normalized spacial score (nSPS) is 49.1. The summed E-state index contributed by atoms with van der Waals surface area (Å²) >= 11 is 0. The molecule has 4 rings (SSSR count). The van der Waals surface area contributed by atoms with Gasteiger partial charge in [-0.15, -0.1) is 0 Å². The van der Waals surface area contributed by atoms with Gasteiger partial charge in [-0.1, -0.05) is 0 Å². The largest absolute Gasteiger partial charge is 0.368 e. The molecule has 96 valence electrons. The molecule has 0 aromatic heterocycles. The van der Waals surface area contributed by atoms with E-state index in [0.717, 1.165) is 0 Å². The Balaban J connectivity index is 1.61. The van der Waals surface area contributed by atoms with E-state index in [0.29, 0.717) is 10.8 Å². The average Bonchev–Trinajstić information content (AvgIpc) is 3.09. The summed E-state index contributed by atoms with van der Waals surface area (Å²) in [7, 11) is 0. The molecule has 17 heavy (non-hydrogen) atoms. The fraction of sp³-hybridized carbons (Fsp3) is 1.00. The Bertz CT molecular complexity index is 319. The van der Waals surface area contributed by atoms with Gasteiger partial charge in [0, 0.05) is 0 Å². The standard InChI is InChI=1S/C16H26O/c1-13(5-3-7-15(13)9-10-15)17-14(2)6-4-8-16(14)11-12-16/h3-12H2,1-2H3. The molecule has 4 aliphatic rings. The topological polar surface area (TPSA) is 9.23 Å². The first-order chi connectivity index (χ1) is 8.04. The van der Waals surface area contributed by atoms with Crippen LogP contribution in [0.5, 0.6) is 0 Å². The van der Waals surface area contributed by atoms with E-state index in [2.05, 4.69) is 13.8 Å². The summed E-state index contributed by atoms with van der Waals surface area (Å²) in [6.45, 7) is 4.87. The van der Waals surface area contributed by atoms with E-state index in [1.807, 2.05) is 0 Å². The third kappa shape index (κ3) is 1.25. The van der Waals surface area contributed by atoms with Crippen molar-refractivity contribution in [2.75, 3.05) is 0 Å². The van der Waals surface area contributed by atoms with Crippen molar-refractivity contribution in [1.82, 2.24) is 0 Å². The summed E-state index contributed by atoms with van der Waals surface area (Å²) < 4.78 is 6.90.